The third kappa shape index (κ3) is 3.08. The van der Waals surface area contributed by atoms with Crippen molar-refractivity contribution < 1.29 is 4.39 Å². The molecule has 2 aliphatic rings. The zero-order chi connectivity index (χ0) is 16.5. The topological polar surface area (TPSA) is 46.0 Å². The second-order valence-corrected chi connectivity index (χ2v) is 6.92. The highest BCUT2D eigenvalue weighted by molar-refractivity contribution is 5.26. The maximum atomic E-state index is 13.5. The smallest absolute Gasteiger partial charge is 0.147 e. The molecule has 3 heterocycles. The second kappa shape index (κ2) is 6.61. The molecule has 0 unspecified atom stereocenters. The Morgan fingerprint density at radius 1 is 1.21 bits per heavy atom. The number of fused-ring (bicyclic) bond motifs is 1. The maximum absolute atomic E-state index is 13.5. The number of nitrogens with one attached hydrogen (secondary N) is 1. The lowest BCUT2D eigenvalue weighted by molar-refractivity contribution is 0.199. The maximum Gasteiger partial charge on any atom is 0.147 e. The van der Waals surface area contributed by atoms with Crippen LogP contribution in [0.15, 0.2) is 18.2 Å². The van der Waals surface area contributed by atoms with Crippen LogP contribution >= 0.6 is 0 Å². The van der Waals surface area contributed by atoms with Crippen molar-refractivity contribution in [3.63, 3.8) is 0 Å². The van der Waals surface area contributed by atoms with Crippen LogP contribution in [-0.4, -0.2) is 39.3 Å². The molecule has 6 heteroatoms. The number of rotatable bonds is 3. The summed E-state index contributed by atoms with van der Waals surface area (Å²) in [7, 11) is 0. The van der Waals surface area contributed by atoms with Crippen LogP contribution in [0.3, 0.4) is 0 Å². The van der Waals surface area contributed by atoms with E-state index in [9.17, 15) is 4.39 Å². The average molecular weight is 329 g/mol. The molecule has 4 rings (SSSR count). The summed E-state index contributed by atoms with van der Waals surface area (Å²) in [6, 6.07) is 5.08. The first kappa shape index (κ1) is 15.7. The zero-order valence-corrected chi connectivity index (χ0v) is 14.1. The Balaban J connectivity index is 1.40. The molecule has 0 radical (unpaired) electrons. The Hall–Kier alpha value is -1.79. The quantitative estimate of drug-likeness (QED) is 0.938. The van der Waals surface area contributed by atoms with E-state index in [1.807, 2.05) is 6.07 Å². The molecular formula is C18H24FN5. The average Bonchev–Trinajstić information content (AvgIpc) is 3.03. The molecule has 24 heavy (non-hydrogen) atoms. The van der Waals surface area contributed by atoms with Crippen LogP contribution in [0.5, 0.6) is 0 Å². The van der Waals surface area contributed by atoms with E-state index in [1.54, 1.807) is 6.07 Å². The summed E-state index contributed by atoms with van der Waals surface area (Å²) in [5, 5.41) is 12.1. The molecule has 1 aromatic carbocycles. The Morgan fingerprint density at radius 3 is 2.88 bits per heavy atom. The van der Waals surface area contributed by atoms with Crippen molar-refractivity contribution in [3.05, 3.63) is 46.8 Å². The highest BCUT2D eigenvalue weighted by Crippen LogP contribution is 2.28. The number of nitrogens with zero attached hydrogens (tertiary/aromatic N) is 4. The minimum Gasteiger partial charge on any atom is -0.312 e. The molecule has 128 valence electrons. The third-order valence-electron chi connectivity index (χ3n) is 5.31. The number of hydrogen-bond acceptors (Lipinski definition) is 4. The van der Waals surface area contributed by atoms with Gasteiger partial charge in [-0.15, -0.1) is 10.2 Å². The second-order valence-electron chi connectivity index (χ2n) is 6.92. The van der Waals surface area contributed by atoms with Gasteiger partial charge in [0.2, 0.25) is 0 Å². The fourth-order valence-corrected chi connectivity index (χ4v) is 3.82. The first-order valence-electron chi connectivity index (χ1n) is 8.81. The van der Waals surface area contributed by atoms with Gasteiger partial charge in [-0.05, 0) is 56.1 Å². The van der Waals surface area contributed by atoms with Crippen molar-refractivity contribution in [2.45, 2.75) is 45.3 Å². The SMILES string of the molecule is Cc1ccc(F)cc1CN1CCC(c2nnc3n2CCNC3)CC1. The predicted molar refractivity (Wildman–Crippen MR) is 90.1 cm³/mol. The standard InChI is InChI=1S/C18H24FN5/c1-13-2-3-16(19)10-15(13)12-23-7-4-14(5-8-23)18-22-21-17-11-20-6-9-24(17)18/h2-3,10,14,20H,4-9,11-12H2,1H3. The van der Waals surface area contributed by atoms with Crippen molar-refractivity contribution in [3.8, 4) is 0 Å². The van der Waals surface area contributed by atoms with Gasteiger partial charge in [0.15, 0.2) is 0 Å². The number of benzene rings is 1. The van der Waals surface area contributed by atoms with Crippen LogP contribution in [0.4, 0.5) is 4.39 Å². The number of halogens is 1. The molecule has 0 aliphatic carbocycles. The molecular weight excluding hydrogens is 305 g/mol. The van der Waals surface area contributed by atoms with Crippen molar-refractivity contribution in [1.82, 2.24) is 25.0 Å². The van der Waals surface area contributed by atoms with Gasteiger partial charge in [0.25, 0.3) is 0 Å². The van der Waals surface area contributed by atoms with Crippen LogP contribution in [0.2, 0.25) is 0 Å². The summed E-state index contributed by atoms with van der Waals surface area (Å²) in [4.78, 5) is 2.42. The molecule has 1 aromatic heterocycles. The number of aryl methyl sites for hydroxylation is 1. The highest BCUT2D eigenvalue weighted by atomic mass is 19.1. The lowest BCUT2D eigenvalue weighted by atomic mass is 9.95. The Kier molecular flexibility index (Phi) is 4.33. The van der Waals surface area contributed by atoms with Gasteiger partial charge < -0.3 is 9.88 Å². The van der Waals surface area contributed by atoms with E-state index in [-0.39, 0.29) is 5.82 Å². The van der Waals surface area contributed by atoms with Crippen molar-refractivity contribution in [1.29, 1.82) is 0 Å². The lowest BCUT2D eigenvalue weighted by Crippen LogP contribution is -2.35. The van der Waals surface area contributed by atoms with Gasteiger partial charge in [0, 0.05) is 25.6 Å². The zero-order valence-electron chi connectivity index (χ0n) is 14.1. The minimum atomic E-state index is -0.144. The van der Waals surface area contributed by atoms with Crippen LogP contribution in [0, 0.1) is 12.7 Å². The third-order valence-corrected chi connectivity index (χ3v) is 5.31. The first-order chi connectivity index (χ1) is 11.7. The molecule has 1 saturated heterocycles. The summed E-state index contributed by atoms with van der Waals surface area (Å²) in [5.74, 6) is 2.57. The Labute approximate surface area is 141 Å². The van der Waals surface area contributed by atoms with Gasteiger partial charge in [-0.1, -0.05) is 6.07 Å². The number of aromatic nitrogens is 3. The molecule has 2 aromatic rings. The molecule has 2 aliphatic heterocycles. The molecule has 0 amide bonds. The van der Waals surface area contributed by atoms with Crippen LogP contribution in [-0.2, 0) is 19.6 Å². The molecule has 0 saturated carbocycles. The van der Waals surface area contributed by atoms with E-state index < -0.39 is 0 Å². The van der Waals surface area contributed by atoms with E-state index >= 15 is 0 Å². The minimum absolute atomic E-state index is 0.144. The van der Waals surface area contributed by atoms with E-state index in [0.29, 0.717) is 5.92 Å². The highest BCUT2D eigenvalue weighted by Gasteiger charge is 2.27. The van der Waals surface area contributed by atoms with Crippen LogP contribution in [0.25, 0.3) is 0 Å². The fraction of sp³-hybridized carbons (Fsp3) is 0.556. The fourth-order valence-electron chi connectivity index (χ4n) is 3.82. The summed E-state index contributed by atoms with van der Waals surface area (Å²) in [6.07, 6.45) is 2.19. The summed E-state index contributed by atoms with van der Waals surface area (Å²) >= 11 is 0. The number of hydrogen-bond donors (Lipinski definition) is 1. The molecule has 5 nitrogen and oxygen atoms in total. The van der Waals surface area contributed by atoms with Gasteiger partial charge >= 0.3 is 0 Å². The van der Waals surface area contributed by atoms with Gasteiger partial charge in [-0.25, -0.2) is 4.39 Å². The largest absolute Gasteiger partial charge is 0.312 e. The molecule has 0 atom stereocenters. The Morgan fingerprint density at radius 2 is 2.04 bits per heavy atom. The first-order valence-corrected chi connectivity index (χ1v) is 8.81. The van der Waals surface area contributed by atoms with E-state index in [0.717, 1.165) is 74.9 Å². The Bertz CT molecular complexity index is 718. The van der Waals surface area contributed by atoms with Crippen LogP contribution < -0.4 is 5.32 Å². The lowest BCUT2D eigenvalue weighted by Gasteiger charge is -2.32. The summed E-state index contributed by atoms with van der Waals surface area (Å²) < 4.78 is 15.8. The van der Waals surface area contributed by atoms with E-state index in [1.165, 1.54) is 6.07 Å². The molecule has 1 fully saturated rings. The normalized spacial score (nSPS) is 19.4. The van der Waals surface area contributed by atoms with E-state index in [4.69, 9.17) is 0 Å². The predicted octanol–water partition coefficient (Wildman–Crippen LogP) is 2.21. The van der Waals surface area contributed by atoms with Crippen molar-refractivity contribution >= 4 is 0 Å². The number of piperidine rings is 1. The van der Waals surface area contributed by atoms with Crippen LogP contribution in [0.1, 0.15) is 41.5 Å². The van der Waals surface area contributed by atoms with Gasteiger partial charge in [-0.3, -0.25) is 4.90 Å². The van der Waals surface area contributed by atoms with Gasteiger partial charge in [0.1, 0.15) is 17.5 Å². The molecule has 0 spiro atoms. The monoisotopic (exact) mass is 329 g/mol. The molecule has 1 N–H and O–H groups in total. The number of likely N-dealkylation sites (tertiary alicyclic amines) is 1. The summed E-state index contributed by atoms with van der Waals surface area (Å²) in [5.41, 5.74) is 2.26. The summed E-state index contributed by atoms with van der Waals surface area (Å²) in [6.45, 7) is 7.74. The van der Waals surface area contributed by atoms with Crippen molar-refractivity contribution in [2.75, 3.05) is 19.6 Å². The van der Waals surface area contributed by atoms with Gasteiger partial charge in [-0.2, -0.15) is 0 Å². The van der Waals surface area contributed by atoms with Gasteiger partial charge in [0.05, 0.1) is 6.54 Å². The molecule has 0 bridgehead atoms. The van der Waals surface area contributed by atoms with Crippen molar-refractivity contribution in [2.24, 2.45) is 0 Å². The van der Waals surface area contributed by atoms with E-state index in [2.05, 4.69) is 31.9 Å².